The van der Waals surface area contributed by atoms with Crippen LogP contribution in [0.4, 0.5) is 5.82 Å². The van der Waals surface area contributed by atoms with Gasteiger partial charge in [0.05, 0.1) is 11.4 Å². The molecule has 0 spiro atoms. The molecule has 5 nitrogen and oxygen atoms in total. The molecule has 0 atom stereocenters. The highest BCUT2D eigenvalue weighted by Gasteiger charge is 2.15. The number of aromatic nitrogens is 2. The largest absolute Gasteiger partial charge is 0.477 e. The summed E-state index contributed by atoms with van der Waals surface area (Å²) in [5, 5.41) is 9.01. The summed E-state index contributed by atoms with van der Waals surface area (Å²) in [6, 6.07) is 7.87. The Hall–Kier alpha value is -1.60. The second-order valence-electron chi connectivity index (χ2n) is 4.04. The van der Waals surface area contributed by atoms with Crippen LogP contribution in [-0.2, 0) is 5.75 Å². The Morgan fingerprint density at radius 3 is 2.80 bits per heavy atom. The summed E-state index contributed by atoms with van der Waals surface area (Å²) < 4.78 is 1.00. The van der Waals surface area contributed by atoms with Gasteiger partial charge in [-0.15, -0.1) is 11.8 Å². The summed E-state index contributed by atoms with van der Waals surface area (Å²) in [5.41, 5.74) is 6.02. The molecule has 20 heavy (non-hydrogen) atoms. The maximum absolute atomic E-state index is 11.0. The van der Waals surface area contributed by atoms with Crippen LogP contribution in [0.3, 0.4) is 0 Å². The Labute approximate surface area is 128 Å². The summed E-state index contributed by atoms with van der Waals surface area (Å²) in [5.74, 6) is -0.0440. The summed E-state index contributed by atoms with van der Waals surface area (Å²) in [7, 11) is 0. The summed E-state index contributed by atoms with van der Waals surface area (Å²) in [6.45, 7) is 1.62. The number of thioether (sulfide) groups is 1. The molecule has 1 aromatic heterocycles. The van der Waals surface area contributed by atoms with E-state index in [9.17, 15) is 4.79 Å². The number of nitrogens with zero attached hydrogens (tertiary/aromatic N) is 2. The van der Waals surface area contributed by atoms with Crippen molar-refractivity contribution in [2.24, 2.45) is 0 Å². The molecule has 0 unspecified atom stereocenters. The topological polar surface area (TPSA) is 89.1 Å². The zero-order valence-corrected chi connectivity index (χ0v) is 13.0. The van der Waals surface area contributed by atoms with Crippen molar-refractivity contribution in [2.45, 2.75) is 17.6 Å². The van der Waals surface area contributed by atoms with Crippen molar-refractivity contribution in [2.75, 3.05) is 5.73 Å². The van der Waals surface area contributed by atoms with Crippen molar-refractivity contribution < 1.29 is 9.90 Å². The number of benzene rings is 1. The van der Waals surface area contributed by atoms with Crippen LogP contribution in [0.25, 0.3) is 0 Å². The Bertz CT molecular complexity index is 641. The number of rotatable bonds is 4. The molecule has 0 amide bonds. The van der Waals surface area contributed by atoms with Gasteiger partial charge < -0.3 is 10.8 Å². The molecule has 3 N–H and O–H groups in total. The summed E-state index contributed by atoms with van der Waals surface area (Å²) in [4.78, 5) is 20.3. The molecule has 0 aliphatic carbocycles. The lowest BCUT2D eigenvalue weighted by Gasteiger charge is -2.07. The Morgan fingerprint density at radius 1 is 1.45 bits per heavy atom. The number of nitrogens with two attached hydrogens (primary N) is 1. The lowest BCUT2D eigenvalue weighted by molar-refractivity contribution is 0.0696. The van der Waals surface area contributed by atoms with E-state index in [0.29, 0.717) is 17.3 Å². The predicted molar refractivity (Wildman–Crippen MR) is 81.8 cm³/mol. The van der Waals surface area contributed by atoms with Crippen molar-refractivity contribution >= 4 is 39.5 Å². The van der Waals surface area contributed by atoms with Gasteiger partial charge in [-0.05, 0) is 25.1 Å². The van der Waals surface area contributed by atoms with Crippen molar-refractivity contribution in [1.29, 1.82) is 0 Å². The van der Waals surface area contributed by atoms with Gasteiger partial charge in [-0.1, -0.05) is 22.0 Å². The van der Waals surface area contributed by atoms with E-state index in [2.05, 4.69) is 25.9 Å². The molecule has 0 radical (unpaired) electrons. The van der Waals surface area contributed by atoms with E-state index in [4.69, 9.17) is 10.8 Å². The minimum Gasteiger partial charge on any atom is -0.477 e. The highest BCUT2D eigenvalue weighted by molar-refractivity contribution is 9.10. The molecule has 1 heterocycles. The van der Waals surface area contributed by atoms with Crippen molar-refractivity contribution in [3.63, 3.8) is 0 Å². The van der Waals surface area contributed by atoms with Gasteiger partial charge in [0, 0.05) is 9.37 Å². The monoisotopic (exact) mass is 353 g/mol. The number of hydrogen-bond donors (Lipinski definition) is 2. The van der Waals surface area contributed by atoms with Crippen LogP contribution >= 0.6 is 27.7 Å². The van der Waals surface area contributed by atoms with Crippen molar-refractivity contribution in [3.8, 4) is 0 Å². The van der Waals surface area contributed by atoms with E-state index < -0.39 is 5.97 Å². The van der Waals surface area contributed by atoms with E-state index in [-0.39, 0.29) is 11.4 Å². The maximum Gasteiger partial charge on any atom is 0.341 e. The molecule has 0 fully saturated rings. The molecule has 0 bridgehead atoms. The molecule has 0 saturated heterocycles. The second-order valence-corrected chi connectivity index (χ2v) is 6.00. The number of anilines is 1. The first-order valence-corrected chi connectivity index (χ1v) is 7.50. The third kappa shape index (κ3) is 3.49. The smallest absolute Gasteiger partial charge is 0.341 e. The minimum atomic E-state index is -1.11. The number of carboxylic acid groups (broad SMARTS) is 1. The maximum atomic E-state index is 11.0. The Balaban J connectivity index is 2.17. The fraction of sp³-hybridized carbons (Fsp3) is 0.154. The van der Waals surface area contributed by atoms with Crippen LogP contribution < -0.4 is 5.73 Å². The molecule has 7 heteroatoms. The van der Waals surface area contributed by atoms with Gasteiger partial charge in [0.1, 0.15) is 17.2 Å². The van der Waals surface area contributed by atoms with Gasteiger partial charge in [-0.2, -0.15) is 0 Å². The molecule has 1 aromatic carbocycles. The molecule has 0 saturated carbocycles. The van der Waals surface area contributed by atoms with E-state index in [0.717, 1.165) is 9.37 Å². The lowest BCUT2D eigenvalue weighted by Crippen LogP contribution is -2.11. The average Bonchev–Trinajstić information content (AvgIpc) is 2.35. The number of aromatic carboxylic acids is 1. The highest BCUT2D eigenvalue weighted by atomic mass is 79.9. The van der Waals surface area contributed by atoms with Gasteiger partial charge in [-0.25, -0.2) is 14.8 Å². The molecule has 2 aromatic rings. The average molecular weight is 354 g/mol. The number of halogens is 1. The fourth-order valence-electron chi connectivity index (χ4n) is 1.69. The third-order valence-corrected chi connectivity index (χ3v) is 4.03. The third-order valence-electron chi connectivity index (χ3n) is 2.54. The van der Waals surface area contributed by atoms with E-state index in [1.807, 2.05) is 24.3 Å². The van der Waals surface area contributed by atoms with Gasteiger partial charge in [0.25, 0.3) is 0 Å². The van der Waals surface area contributed by atoms with E-state index in [1.165, 1.54) is 0 Å². The van der Waals surface area contributed by atoms with Crippen LogP contribution in [0, 0.1) is 6.92 Å². The number of aryl methyl sites for hydroxylation is 1. The van der Waals surface area contributed by atoms with Crippen molar-refractivity contribution in [1.82, 2.24) is 9.97 Å². The van der Waals surface area contributed by atoms with Gasteiger partial charge in [0.2, 0.25) is 0 Å². The minimum absolute atomic E-state index is 0.00911. The van der Waals surface area contributed by atoms with Crippen LogP contribution in [0.15, 0.2) is 33.6 Å². The Kier molecular flexibility index (Phi) is 4.61. The molecular weight excluding hydrogens is 342 g/mol. The SMILES string of the molecule is Cc1nc(CSc2cccc(Br)c2)nc(N)c1C(=O)O. The van der Waals surface area contributed by atoms with Crippen LogP contribution in [-0.4, -0.2) is 21.0 Å². The standard InChI is InChI=1S/C13H12BrN3O2S/c1-7-11(13(18)19)12(15)17-10(16-7)6-20-9-4-2-3-8(14)5-9/h2-5H,6H2,1H3,(H,18,19)(H2,15,16,17). The molecule has 0 aliphatic heterocycles. The van der Waals surface area contributed by atoms with Gasteiger partial charge in [0.15, 0.2) is 0 Å². The number of hydrogen-bond acceptors (Lipinski definition) is 5. The first-order chi connectivity index (χ1) is 9.47. The molecule has 104 valence electrons. The second kappa shape index (κ2) is 6.23. The summed E-state index contributed by atoms with van der Waals surface area (Å²) >= 11 is 4.97. The first-order valence-electron chi connectivity index (χ1n) is 5.72. The Morgan fingerprint density at radius 2 is 2.20 bits per heavy atom. The number of nitrogen functional groups attached to an aromatic ring is 1. The zero-order valence-electron chi connectivity index (χ0n) is 10.6. The molecular formula is C13H12BrN3O2S. The van der Waals surface area contributed by atoms with Crippen molar-refractivity contribution in [3.05, 3.63) is 45.8 Å². The normalized spacial score (nSPS) is 10.5. The lowest BCUT2D eigenvalue weighted by atomic mass is 10.2. The van der Waals surface area contributed by atoms with Crippen LogP contribution in [0.2, 0.25) is 0 Å². The molecule has 0 aliphatic rings. The molecule has 2 rings (SSSR count). The first kappa shape index (κ1) is 14.8. The highest BCUT2D eigenvalue weighted by Crippen LogP contribution is 2.25. The number of carbonyl (C=O) groups is 1. The fourth-order valence-corrected chi connectivity index (χ4v) is 3.05. The summed E-state index contributed by atoms with van der Waals surface area (Å²) in [6.07, 6.45) is 0. The van der Waals surface area contributed by atoms with Gasteiger partial charge >= 0.3 is 5.97 Å². The number of carboxylic acids is 1. The van der Waals surface area contributed by atoms with Crippen LogP contribution in [0.5, 0.6) is 0 Å². The van der Waals surface area contributed by atoms with Gasteiger partial charge in [-0.3, -0.25) is 0 Å². The predicted octanol–water partition coefficient (Wildman–Crippen LogP) is 3.12. The van der Waals surface area contributed by atoms with Crippen LogP contribution in [0.1, 0.15) is 21.9 Å². The van der Waals surface area contributed by atoms with E-state index >= 15 is 0 Å². The quantitative estimate of drug-likeness (QED) is 0.820. The zero-order chi connectivity index (χ0) is 14.7. The van der Waals surface area contributed by atoms with E-state index in [1.54, 1.807) is 18.7 Å².